The molecule has 0 aromatic heterocycles. The third kappa shape index (κ3) is 4.99. The fourth-order valence-corrected chi connectivity index (χ4v) is 14.4. The van der Waals surface area contributed by atoms with Gasteiger partial charge in [0.05, 0.1) is 17.1 Å². The Labute approximate surface area is 343 Å². The van der Waals surface area contributed by atoms with Gasteiger partial charge in [-0.05, 0) is 177 Å². The van der Waals surface area contributed by atoms with Gasteiger partial charge in [-0.25, -0.2) is 0 Å². The van der Waals surface area contributed by atoms with Gasteiger partial charge in [0.25, 0.3) is 0 Å². The summed E-state index contributed by atoms with van der Waals surface area (Å²) in [6.07, 6.45) is 11.8. The Morgan fingerprint density at radius 3 is 1.47 bits per heavy atom. The van der Waals surface area contributed by atoms with Crippen molar-refractivity contribution in [2.45, 2.75) is 140 Å². The minimum Gasteiger partial charge on any atom is -0.309 e. The van der Waals surface area contributed by atoms with Gasteiger partial charge >= 0.3 is 0 Å². The molecular weight excluding hydrogens is 687 g/mol. The summed E-state index contributed by atoms with van der Waals surface area (Å²) < 4.78 is 0. The maximum absolute atomic E-state index is 2.85. The molecule has 4 bridgehead atoms. The standard InChI is InChI=1S/C56H63N/c1-52(2)24-26-54(5,6)50-43(52)20-14-22-46(50)57(47-23-15-21-44-51(47)55(7,8)27-25-53(44,3)4)48-34-38(37-16-10-9-11-17-37)33-45-49(48)41-18-12-13-19-42(41)56(45)39-29-35-28-36(31-39)32-40(56)30-35/h9-23,33-36,39-40H,24-32H2,1-8H3. The maximum Gasteiger partial charge on any atom is 0.0549 e. The van der Waals surface area contributed by atoms with Crippen LogP contribution in [0.3, 0.4) is 0 Å². The molecule has 5 aromatic carbocycles. The monoisotopic (exact) mass is 749 g/mol. The van der Waals surface area contributed by atoms with Crippen LogP contribution in [0.1, 0.15) is 147 Å². The van der Waals surface area contributed by atoms with Crippen molar-refractivity contribution >= 4 is 17.1 Å². The molecular formula is C56H63N. The highest BCUT2D eigenvalue weighted by Crippen LogP contribution is 2.71. The first kappa shape index (κ1) is 36.0. The highest BCUT2D eigenvalue weighted by molar-refractivity contribution is 5.99. The summed E-state index contributed by atoms with van der Waals surface area (Å²) in [6, 6.07) is 41.2. The molecule has 0 N–H and O–H groups in total. The van der Waals surface area contributed by atoms with Gasteiger partial charge in [-0.1, -0.05) is 134 Å². The van der Waals surface area contributed by atoms with Crippen LogP contribution < -0.4 is 4.90 Å². The van der Waals surface area contributed by atoms with Gasteiger partial charge in [0, 0.05) is 11.0 Å². The number of benzene rings is 5. The van der Waals surface area contributed by atoms with Crippen molar-refractivity contribution in [3.05, 3.63) is 137 Å². The van der Waals surface area contributed by atoms with Crippen LogP contribution in [0.4, 0.5) is 17.1 Å². The summed E-state index contributed by atoms with van der Waals surface area (Å²) in [7, 11) is 0. The van der Waals surface area contributed by atoms with Crippen LogP contribution >= 0.6 is 0 Å². The van der Waals surface area contributed by atoms with Crippen molar-refractivity contribution in [2.24, 2.45) is 23.7 Å². The van der Waals surface area contributed by atoms with Crippen LogP contribution in [0.15, 0.2) is 103 Å². The lowest BCUT2D eigenvalue weighted by Gasteiger charge is -2.61. The first-order valence-electron chi connectivity index (χ1n) is 22.6. The molecule has 12 rings (SSSR count). The molecule has 1 spiro atoms. The number of rotatable bonds is 4. The summed E-state index contributed by atoms with van der Waals surface area (Å²) in [5.74, 6) is 3.23. The zero-order valence-electron chi connectivity index (χ0n) is 35.9. The van der Waals surface area contributed by atoms with E-state index in [4.69, 9.17) is 0 Å². The van der Waals surface area contributed by atoms with Crippen LogP contribution in [0.5, 0.6) is 0 Å². The van der Waals surface area contributed by atoms with E-state index < -0.39 is 0 Å². The lowest BCUT2D eigenvalue weighted by Crippen LogP contribution is -2.55. The normalized spacial score (nSPS) is 28.7. The average Bonchev–Trinajstić information content (AvgIpc) is 3.48. The van der Waals surface area contributed by atoms with E-state index in [0.29, 0.717) is 11.8 Å². The van der Waals surface area contributed by atoms with Gasteiger partial charge in [0.15, 0.2) is 0 Å². The molecule has 0 unspecified atom stereocenters. The van der Waals surface area contributed by atoms with E-state index in [1.807, 2.05) is 0 Å². The zero-order chi connectivity index (χ0) is 39.3. The SMILES string of the molecule is CC1(C)CCC(C)(C)c2c(N(c3cc(-c4ccccc4)cc4c3-c3ccccc3C43C4CC5CC(C4)CC3C5)c3cccc4c3C(C)(C)CCC4(C)C)cccc21. The largest absolute Gasteiger partial charge is 0.309 e. The molecule has 57 heavy (non-hydrogen) atoms. The van der Waals surface area contributed by atoms with Crippen LogP contribution in [-0.2, 0) is 27.1 Å². The van der Waals surface area contributed by atoms with Crippen molar-refractivity contribution in [2.75, 3.05) is 4.90 Å². The van der Waals surface area contributed by atoms with Gasteiger partial charge in [-0.3, -0.25) is 0 Å². The molecule has 4 fully saturated rings. The number of hydrogen-bond donors (Lipinski definition) is 0. The smallest absolute Gasteiger partial charge is 0.0549 e. The highest BCUT2D eigenvalue weighted by atomic mass is 15.2. The molecule has 0 atom stereocenters. The predicted octanol–water partition coefficient (Wildman–Crippen LogP) is 15.2. The van der Waals surface area contributed by atoms with Crippen LogP contribution in [0, 0.1) is 23.7 Å². The Hall–Kier alpha value is -4.10. The van der Waals surface area contributed by atoms with E-state index >= 15 is 0 Å². The quantitative estimate of drug-likeness (QED) is 0.177. The molecule has 1 nitrogen and oxygen atoms in total. The molecule has 0 saturated heterocycles. The first-order valence-corrected chi connectivity index (χ1v) is 22.6. The average molecular weight is 750 g/mol. The van der Waals surface area contributed by atoms with E-state index in [9.17, 15) is 0 Å². The number of anilines is 3. The minimum absolute atomic E-state index is 0.0318. The van der Waals surface area contributed by atoms with Gasteiger partial charge in [-0.2, -0.15) is 0 Å². The van der Waals surface area contributed by atoms with E-state index in [1.165, 1.54) is 108 Å². The lowest BCUT2D eigenvalue weighted by atomic mass is 9.43. The van der Waals surface area contributed by atoms with Gasteiger partial charge in [-0.15, -0.1) is 0 Å². The van der Waals surface area contributed by atoms with Crippen LogP contribution in [0.2, 0.25) is 0 Å². The highest BCUT2D eigenvalue weighted by Gasteiger charge is 2.62. The molecule has 0 aliphatic heterocycles. The second-order valence-electron chi connectivity index (χ2n) is 22.3. The first-order chi connectivity index (χ1) is 27.2. The Bertz CT molecular complexity index is 2330. The number of hydrogen-bond acceptors (Lipinski definition) is 1. The molecule has 7 aliphatic rings. The molecule has 4 saturated carbocycles. The van der Waals surface area contributed by atoms with Gasteiger partial charge in [0.1, 0.15) is 0 Å². The molecule has 7 aliphatic carbocycles. The molecule has 0 amide bonds. The summed E-state index contributed by atoms with van der Waals surface area (Å²) >= 11 is 0. The van der Waals surface area contributed by atoms with Crippen LogP contribution in [0.25, 0.3) is 22.3 Å². The summed E-state index contributed by atoms with van der Waals surface area (Å²) in [6.45, 7) is 20.1. The Kier molecular flexibility index (Phi) is 7.58. The van der Waals surface area contributed by atoms with Gasteiger partial charge in [0.2, 0.25) is 0 Å². The van der Waals surface area contributed by atoms with E-state index in [0.717, 1.165) is 11.8 Å². The molecule has 1 heteroatoms. The lowest BCUT2D eigenvalue weighted by molar-refractivity contribution is -0.0399. The maximum atomic E-state index is 2.85. The van der Waals surface area contributed by atoms with Crippen molar-refractivity contribution in [1.29, 1.82) is 0 Å². The fraction of sp³-hybridized carbons (Fsp3) is 0.464. The van der Waals surface area contributed by atoms with Crippen molar-refractivity contribution < 1.29 is 0 Å². The summed E-state index contributed by atoms with van der Waals surface area (Å²) in [5, 5.41) is 0. The van der Waals surface area contributed by atoms with Crippen molar-refractivity contribution in [3.63, 3.8) is 0 Å². The van der Waals surface area contributed by atoms with Crippen molar-refractivity contribution in [1.82, 2.24) is 0 Å². The van der Waals surface area contributed by atoms with E-state index in [1.54, 1.807) is 22.3 Å². The molecule has 292 valence electrons. The minimum atomic E-state index is 0.0318. The zero-order valence-corrected chi connectivity index (χ0v) is 35.9. The third-order valence-corrected chi connectivity index (χ3v) is 17.1. The molecule has 0 heterocycles. The second kappa shape index (κ2) is 12.0. The summed E-state index contributed by atoms with van der Waals surface area (Å²) in [5.41, 5.74) is 19.6. The third-order valence-electron chi connectivity index (χ3n) is 17.1. The summed E-state index contributed by atoms with van der Waals surface area (Å²) in [4.78, 5) is 2.85. The molecule has 5 aromatic rings. The number of nitrogens with zero attached hydrogens (tertiary/aromatic N) is 1. The molecule has 0 radical (unpaired) electrons. The Morgan fingerprint density at radius 1 is 0.421 bits per heavy atom. The second-order valence-corrected chi connectivity index (χ2v) is 22.3. The van der Waals surface area contributed by atoms with Gasteiger partial charge < -0.3 is 4.90 Å². The van der Waals surface area contributed by atoms with E-state index in [2.05, 4.69) is 163 Å². The fourth-order valence-electron chi connectivity index (χ4n) is 14.4. The Balaban J connectivity index is 1.30. The van der Waals surface area contributed by atoms with Crippen molar-refractivity contribution in [3.8, 4) is 22.3 Å². The van der Waals surface area contributed by atoms with E-state index in [-0.39, 0.29) is 27.1 Å². The topological polar surface area (TPSA) is 3.24 Å². The number of fused-ring (bicyclic) bond motifs is 5. The predicted molar refractivity (Wildman–Crippen MR) is 240 cm³/mol. The van der Waals surface area contributed by atoms with Crippen LogP contribution in [-0.4, -0.2) is 0 Å². The Morgan fingerprint density at radius 2 is 0.912 bits per heavy atom.